The molecule has 5 rings (SSSR count). The number of amides is 1. The van der Waals surface area contributed by atoms with Crippen LogP contribution in [0.1, 0.15) is 42.7 Å². The molecule has 3 N–H and O–H groups in total. The summed E-state index contributed by atoms with van der Waals surface area (Å²) >= 11 is 0. The number of anilines is 1. The number of phenols is 1. The third-order valence-electron chi connectivity index (χ3n) is 7.84. The summed E-state index contributed by atoms with van der Waals surface area (Å²) in [6, 6.07) is 17.7. The second-order valence-corrected chi connectivity index (χ2v) is 10.2. The summed E-state index contributed by atoms with van der Waals surface area (Å²) < 4.78 is 21.5. The Morgan fingerprint density at radius 3 is 2.17 bits per heavy atom. The van der Waals surface area contributed by atoms with Crippen LogP contribution in [0.4, 0.5) is 5.69 Å². The molecule has 2 atom stereocenters. The summed E-state index contributed by atoms with van der Waals surface area (Å²) in [5.74, 6) is 0.932. The molecule has 2 unspecified atom stereocenters. The summed E-state index contributed by atoms with van der Waals surface area (Å²) in [6.07, 6.45) is 0.821. The van der Waals surface area contributed by atoms with Crippen molar-refractivity contribution in [3.05, 3.63) is 94.3 Å². The molecule has 1 aliphatic heterocycles. The van der Waals surface area contributed by atoms with E-state index in [0.717, 1.165) is 11.3 Å². The highest BCUT2D eigenvalue weighted by Gasteiger charge is 2.41. The maximum absolute atomic E-state index is 14.0. The fourth-order valence-electron chi connectivity index (χ4n) is 5.76. The highest BCUT2D eigenvalue weighted by atomic mass is 16.5. The number of rotatable bonds is 8. The van der Waals surface area contributed by atoms with E-state index in [9.17, 15) is 14.7 Å². The summed E-state index contributed by atoms with van der Waals surface area (Å²) in [4.78, 5) is 27.9. The van der Waals surface area contributed by atoms with Gasteiger partial charge in [0.05, 0.1) is 28.4 Å². The monoisotopic (exact) mass is 570 g/mol. The molecule has 9 nitrogen and oxygen atoms in total. The second kappa shape index (κ2) is 11.9. The summed E-state index contributed by atoms with van der Waals surface area (Å²) in [5, 5.41) is 16.7. The van der Waals surface area contributed by atoms with Gasteiger partial charge in [-0.3, -0.25) is 9.59 Å². The molecular formula is C33H34N2O7. The molecule has 0 spiro atoms. The number of benzene rings is 3. The van der Waals surface area contributed by atoms with E-state index in [0.29, 0.717) is 51.8 Å². The van der Waals surface area contributed by atoms with Crippen LogP contribution in [0, 0.1) is 0 Å². The van der Waals surface area contributed by atoms with Gasteiger partial charge in [0, 0.05) is 40.6 Å². The summed E-state index contributed by atoms with van der Waals surface area (Å²) in [6.45, 7) is 1.84. The maximum Gasteiger partial charge on any atom is 0.254 e. The lowest BCUT2D eigenvalue weighted by atomic mass is 9.71. The minimum Gasteiger partial charge on any atom is -0.504 e. The van der Waals surface area contributed by atoms with Gasteiger partial charge in [0.25, 0.3) is 5.91 Å². The Morgan fingerprint density at radius 2 is 1.50 bits per heavy atom. The Balaban J connectivity index is 1.56. The number of nitrogens with one attached hydrogen (secondary N) is 2. The van der Waals surface area contributed by atoms with Crippen molar-refractivity contribution in [3.8, 4) is 28.7 Å². The van der Waals surface area contributed by atoms with Crippen molar-refractivity contribution in [1.29, 1.82) is 0 Å². The van der Waals surface area contributed by atoms with Crippen LogP contribution in [0.25, 0.3) is 0 Å². The minimum atomic E-state index is -0.673. The van der Waals surface area contributed by atoms with E-state index >= 15 is 0 Å². The first-order chi connectivity index (χ1) is 20.3. The molecule has 42 heavy (non-hydrogen) atoms. The van der Waals surface area contributed by atoms with E-state index in [4.69, 9.17) is 18.9 Å². The quantitative estimate of drug-likeness (QED) is 0.329. The van der Waals surface area contributed by atoms with Gasteiger partial charge >= 0.3 is 0 Å². The van der Waals surface area contributed by atoms with Crippen molar-refractivity contribution in [1.82, 2.24) is 5.32 Å². The van der Waals surface area contributed by atoms with Crippen molar-refractivity contribution in [3.63, 3.8) is 0 Å². The molecule has 0 bridgehead atoms. The molecule has 0 fully saturated rings. The molecular weight excluding hydrogens is 536 g/mol. The maximum atomic E-state index is 14.0. The lowest BCUT2D eigenvalue weighted by molar-refractivity contribution is -0.116. The molecule has 1 heterocycles. The molecule has 1 amide bonds. The number of hydrogen-bond donors (Lipinski definition) is 3. The van der Waals surface area contributed by atoms with E-state index < -0.39 is 5.92 Å². The number of hydrogen-bond acceptors (Lipinski definition) is 8. The predicted molar refractivity (Wildman–Crippen MR) is 158 cm³/mol. The Labute approximate surface area is 244 Å². The highest BCUT2D eigenvalue weighted by molar-refractivity contribution is 6.10. The molecule has 218 valence electrons. The standard InChI is InChI=1S/C33H34N2O7/c1-18-30(33(38)35-22-8-10-23(39-2)11-9-22)31(20-6-12-25(36)28(17-20)41-4)32-24(34-18)14-21(15-26(32)37)19-7-13-27(40-3)29(16-19)42-5/h6-13,16-17,21,31,34,36H,14-15H2,1-5H3,(H,35,38). The smallest absolute Gasteiger partial charge is 0.254 e. The summed E-state index contributed by atoms with van der Waals surface area (Å²) in [5.41, 5.74) is 4.56. The number of methoxy groups -OCH3 is 4. The number of carbonyl (C=O) groups excluding carboxylic acids is 2. The van der Waals surface area contributed by atoms with Gasteiger partial charge in [0.15, 0.2) is 28.8 Å². The van der Waals surface area contributed by atoms with Crippen LogP contribution in [0.2, 0.25) is 0 Å². The largest absolute Gasteiger partial charge is 0.504 e. The number of ether oxygens (including phenoxy) is 4. The van der Waals surface area contributed by atoms with Crippen LogP contribution in [0.5, 0.6) is 28.7 Å². The van der Waals surface area contributed by atoms with Crippen LogP contribution in [-0.2, 0) is 9.59 Å². The SMILES string of the molecule is COc1ccc(NC(=O)C2=C(C)NC3=C(C(=O)CC(c4ccc(OC)c(OC)c4)C3)C2c2ccc(O)c(OC)c2)cc1. The average Bonchev–Trinajstić information content (AvgIpc) is 3.00. The van der Waals surface area contributed by atoms with Crippen molar-refractivity contribution in [2.75, 3.05) is 33.8 Å². The number of ketones is 1. The molecule has 1 aliphatic carbocycles. The molecule has 3 aromatic rings. The number of dihydropyridines is 1. The zero-order chi connectivity index (χ0) is 30.0. The molecule has 2 aliphatic rings. The van der Waals surface area contributed by atoms with Gasteiger partial charge in [-0.15, -0.1) is 0 Å². The van der Waals surface area contributed by atoms with E-state index in [2.05, 4.69) is 10.6 Å². The Morgan fingerprint density at radius 1 is 0.833 bits per heavy atom. The molecule has 3 aromatic carbocycles. The molecule has 0 saturated carbocycles. The highest BCUT2D eigenvalue weighted by Crippen LogP contribution is 2.47. The Kier molecular flexibility index (Phi) is 8.10. The first-order valence-corrected chi connectivity index (χ1v) is 13.6. The van der Waals surface area contributed by atoms with Crippen molar-refractivity contribution in [2.24, 2.45) is 0 Å². The van der Waals surface area contributed by atoms with E-state index in [1.165, 1.54) is 13.2 Å². The van der Waals surface area contributed by atoms with Gasteiger partial charge in [-0.25, -0.2) is 0 Å². The van der Waals surface area contributed by atoms with Crippen LogP contribution < -0.4 is 29.6 Å². The van der Waals surface area contributed by atoms with Crippen molar-refractivity contribution >= 4 is 17.4 Å². The third-order valence-corrected chi connectivity index (χ3v) is 7.84. The fourth-order valence-corrected chi connectivity index (χ4v) is 5.76. The Hall–Kier alpha value is -4.92. The summed E-state index contributed by atoms with van der Waals surface area (Å²) in [7, 11) is 6.21. The zero-order valence-electron chi connectivity index (χ0n) is 24.2. The van der Waals surface area contributed by atoms with Gasteiger partial charge in [-0.1, -0.05) is 12.1 Å². The second-order valence-electron chi connectivity index (χ2n) is 10.2. The van der Waals surface area contributed by atoms with Gasteiger partial charge in [-0.05, 0) is 78.9 Å². The number of carbonyl (C=O) groups is 2. The first kappa shape index (κ1) is 28.6. The van der Waals surface area contributed by atoms with E-state index in [1.54, 1.807) is 57.7 Å². The number of phenolic OH excluding ortho intramolecular Hbond substituents is 1. The molecule has 0 aromatic heterocycles. The number of aromatic hydroxyl groups is 1. The zero-order valence-corrected chi connectivity index (χ0v) is 24.2. The molecule has 0 saturated heterocycles. The van der Waals surface area contributed by atoms with Crippen LogP contribution in [0.15, 0.2) is 83.2 Å². The van der Waals surface area contributed by atoms with E-state index in [1.807, 2.05) is 25.1 Å². The van der Waals surface area contributed by atoms with Crippen molar-refractivity contribution < 1.29 is 33.6 Å². The number of Topliss-reactive ketones (excluding diaryl/α,β-unsaturated/α-hetero) is 1. The number of allylic oxidation sites excluding steroid dienone is 3. The minimum absolute atomic E-state index is 0.0298. The molecule has 9 heteroatoms. The first-order valence-electron chi connectivity index (χ1n) is 13.6. The average molecular weight is 571 g/mol. The molecule has 0 radical (unpaired) electrons. The van der Waals surface area contributed by atoms with Crippen LogP contribution in [-0.4, -0.2) is 45.2 Å². The van der Waals surface area contributed by atoms with Gasteiger partial charge in [-0.2, -0.15) is 0 Å². The fraction of sp³-hybridized carbons (Fsp3) is 0.273. The normalized spacial score (nSPS) is 18.2. The lowest BCUT2D eigenvalue weighted by Crippen LogP contribution is -2.37. The van der Waals surface area contributed by atoms with Crippen LogP contribution in [0.3, 0.4) is 0 Å². The van der Waals surface area contributed by atoms with Crippen molar-refractivity contribution in [2.45, 2.75) is 31.6 Å². The third kappa shape index (κ3) is 5.37. The van der Waals surface area contributed by atoms with Gasteiger partial charge in [0.1, 0.15) is 5.75 Å². The van der Waals surface area contributed by atoms with Gasteiger partial charge < -0.3 is 34.7 Å². The Bertz CT molecular complexity index is 1590. The van der Waals surface area contributed by atoms with Crippen LogP contribution >= 0.6 is 0 Å². The van der Waals surface area contributed by atoms with E-state index in [-0.39, 0.29) is 35.5 Å². The lowest BCUT2D eigenvalue weighted by Gasteiger charge is -2.37. The van der Waals surface area contributed by atoms with Gasteiger partial charge in [0.2, 0.25) is 0 Å². The topological polar surface area (TPSA) is 115 Å². The predicted octanol–water partition coefficient (Wildman–Crippen LogP) is 5.43.